The molecule has 0 aliphatic carbocycles. The van der Waals surface area contributed by atoms with Crippen molar-refractivity contribution in [3.8, 4) is 5.75 Å². The topological polar surface area (TPSA) is 62.4 Å². The number of hydrogen-bond acceptors (Lipinski definition) is 5. The molecule has 1 aliphatic heterocycles. The van der Waals surface area contributed by atoms with E-state index in [1.807, 2.05) is 25.1 Å². The van der Waals surface area contributed by atoms with E-state index in [2.05, 4.69) is 52.6 Å². The number of aromatic amines is 1. The predicted octanol–water partition coefficient (Wildman–Crippen LogP) is 3.75. The van der Waals surface area contributed by atoms with Crippen molar-refractivity contribution in [3.63, 3.8) is 0 Å². The number of H-pyrrole nitrogens is 1. The van der Waals surface area contributed by atoms with Gasteiger partial charge in [-0.25, -0.2) is 4.98 Å². The molecule has 2 heterocycles. The lowest BCUT2D eigenvalue weighted by molar-refractivity contribution is 0.110. The van der Waals surface area contributed by atoms with Crippen LogP contribution in [0.15, 0.2) is 48.5 Å². The molecule has 0 spiro atoms. The summed E-state index contributed by atoms with van der Waals surface area (Å²) >= 11 is 0. The average Bonchev–Trinajstić information content (AvgIpc) is 3.20. The molecule has 6 nitrogen and oxygen atoms in total. The number of para-hydroxylation sites is 2. The van der Waals surface area contributed by atoms with Gasteiger partial charge in [0.15, 0.2) is 0 Å². The van der Waals surface area contributed by atoms with Crippen LogP contribution >= 0.6 is 0 Å². The van der Waals surface area contributed by atoms with E-state index >= 15 is 0 Å². The van der Waals surface area contributed by atoms with Crippen molar-refractivity contribution in [2.75, 3.05) is 40.0 Å². The Kier molecular flexibility index (Phi) is 7.00. The maximum atomic E-state index is 5.91. The van der Waals surface area contributed by atoms with Gasteiger partial charge in [-0.05, 0) is 69.7 Å². The van der Waals surface area contributed by atoms with Gasteiger partial charge in [-0.15, -0.1) is 0 Å². The maximum Gasteiger partial charge on any atom is 0.129 e. The molecule has 1 unspecified atom stereocenters. The number of nitrogens with one attached hydrogen (secondary N) is 2. The van der Waals surface area contributed by atoms with Crippen LogP contribution in [0.25, 0.3) is 11.0 Å². The first-order valence-electron chi connectivity index (χ1n) is 10.9. The summed E-state index contributed by atoms with van der Waals surface area (Å²) in [7, 11) is 2.19. The van der Waals surface area contributed by atoms with Crippen molar-refractivity contribution in [2.45, 2.75) is 31.8 Å². The normalized spacial score (nSPS) is 16.7. The Bertz CT molecular complexity index is 901. The van der Waals surface area contributed by atoms with E-state index in [1.54, 1.807) is 0 Å². The highest BCUT2D eigenvalue weighted by Crippen LogP contribution is 2.27. The van der Waals surface area contributed by atoms with Crippen LogP contribution in [0.1, 0.15) is 37.2 Å². The molecule has 0 bridgehead atoms. The van der Waals surface area contributed by atoms with Crippen LogP contribution in [0.2, 0.25) is 0 Å². The van der Waals surface area contributed by atoms with Gasteiger partial charge in [0.1, 0.15) is 18.2 Å². The molecule has 160 valence electrons. The van der Waals surface area contributed by atoms with Crippen LogP contribution in [0, 0.1) is 0 Å². The summed E-state index contributed by atoms with van der Waals surface area (Å²) in [6, 6.07) is 17.0. The lowest BCUT2D eigenvalue weighted by Crippen LogP contribution is -2.42. The fourth-order valence-corrected chi connectivity index (χ4v) is 4.00. The maximum absolute atomic E-state index is 5.91. The average molecular weight is 409 g/mol. The zero-order valence-corrected chi connectivity index (χ0v) is 17.9. The van der Waals surface area contributed by atoms with Crippen molar-refractivity contribution in [1.29, 1.82) is 0 Å². The van der Waals surface area contributed by atoms with Gasteiger partial charge < -0.3 is 24.7 Å². The number of fused-ring (bicyclic) bond motifs is 1. The van der Waals surface area contributed by atoms with Crippen molar-refractivity contribution in [1.82, 2.24) is 20.2 Å². The summed E-state index contributed by atoms with van der Waals surface area (Å²) in [5.74, 6) is 1.81. The second kappa shape index (κ2) is 10.1. The summed E-state index contributed by atoms with van der Waals surface area (Å²) in [5, 5.41) is 3.87. The standard InChI is InChI=1S/C24H32N4O2/c1-3-29-15-16-30-20-8-6-7-18(17-20)23(25-19-11-13-28(2)14-12-19)24-26-21-9-4-5-10-22(21)27-24/h4-10,17,19,23,25H,3,11-16H2,1-2H3,(H,26,27). The van der Waals surface area contributed by atoms with Crippen molar-refractivity contribution < 1.29 is 9.47 Å². The monoisotopic (exact) mass is 408 g/mol. The van der Waals surface area contributed by atoms with Crippen LogP contribution in [0.3, 0.4) is 0 Å². The third kappa shape index (κ3) is 5.19. The predicted molar refractivity (Wildman–Crippen MR) is 120 cm³/mol. The van der Waals surface area contributed by atoms with E-state index in [0.29, 0.717) is 25.9 Å². The van der Waals surface area contributed by atoms with Gasteiger partial charge >= 0.3 is 0 Å². The fourth-order valence-electron chi connectivity index (χ4n) is 4.00. The smallest absolute Gasteiger partial charge is 0.129 e. The molecular weight excluding hydrogens is 376 g/mol. The molecule has 1 atom stereocenters. The Balaban J connectivity index is 1.58. The number of hydrogen-bond donors (Lipinski definition) is 2. The second-order valence-electron chi connectivity index (χ2n) is 7.93. The third-order valence-electron chi connectivity index (χ3n) is 5.69. The Labute approximate surface area is 178 Å². The van der Waals surface area contributed by atoms with E-state index in [1.165, 1.54) is 0 Å². The lowest BCUT2D eigenvalue weighted by Gasteiger charge is -2.32. The Hall–Kier alpha value is -2.41. The zero-order chi connectivity index (χ0) is 20.8. The Morgan fingerprint density at radius 2 is 1.97 bits per heavy atom. The van der Waals surface area contributed by atoms with Crippen LogP contribution in [0.5, 0.6) is 5.75 Å². The number of nitrogens with zero attached hydrogens (tertiary/aromatic N) is 2. The van der Waals surface area contributed by atoms with Gasteiger partial charge in [0.25, 0.3) is 0 Å². The van der Waals surface area contributed by atoms with Gasteiger partial charge in [-0.3, -0.25) is 0 Å². The van der Waals surface area contributed by atoms with Crippen LogP contribution in [0.4, 0.5) is 0 Å². The molecule has 6 heteroatoms. The molecule has 2 N–H and O–H groups in total. The number of imidazole rings is 1. The Morgan fingerprint density at radius 1 is 1.13 bits per heavy atom. The van der Waals surface area contributed by atoms with Crippen LogP contribution in [-0.2, 0) is 4.74 Å². The quantitative estimate of drug-likeness (QED) is 0.528. The Morgan fingerprint density at radius 3 is 2.77 bits per heavy atom. The minimum atomic E-state index is -0.0127. The second-order valence-corrected chi connectivity index (χ2v) is 7.93. The lowest BCUT2D eigenvalue weighted by atomic mass is 10.0. The molecule has 3 aromatic rings. The fraction of sp³-hybridized carbons (Fsp3) is 0.458. The van der Waals surface area contributed by atoms with Crippen molar-refractivity contribution in [2.24, 2.45) is 0 Å². The molecule has 30 heavy (non-hydrogen) atoms. The number of benzene rings is 2. The van der Waals surface area contributed by atoms with Gasteiger partial charge in [-0.1, -0.05) is 24.3 Å². The molecule has 1 fully saturated rings. The van der Waals surface area contributed by atoms with Gasteiger partial charge in [0.2, 0.25) is 0 Å². The van der Waals surface area contributed by atoms with E-state index in [-0.39, 0.29) is 6.04 Å². The highest BCUT2D eigenvalue weighted by molar-refractivity contribution is 5.75. The molecule has 1 aromatic heterocycles. The highest BCUT2D eigenvalue weighted by Gasteiger charge is 2.24. The van der Waals surface area contributed by atoms with Crippen LogP contribution in [-0.4, -0.2) is 60.9 Å². The first-order chi connectivity index (χ1) is 14.7. The number of likely N-dealkylation sites (tertiary alicyclic amines) is 1. The SMILES string of the molecule is CCOCCOc1cccc(C(NC2CCN(C)CC2)c2nc3ccccc3[nH]2)c1. The van der Waals surface area contributed by atoms with Crippen molar-refractivity contribution >= 4 is 11.0 Å². The number of ether oxygens (including phenoxy) is 2. The van der Waals surface area contributed by atoms with Gasteiger partial charge in [0.05, 0.1) is 23.7 Å². The highest BCUT2D eigenvalue weighted by atomic mass is 16.5. The van der Waals surface area contributed by atoms with Gasteiger partial charge in [0, 0.05) is 12.6 Å². The van der Waals surface area contributed by atoms with Crippen molar-refractivity contribution in [3.05, 3.63) is 59.9 Å². The van der Waals surface area contributed by atoms with E-state index in [4.69, 9.17) is 14.5 Å². The molecule has 0 amide bonds. The molecule has 1 aliphatic rings. The number of piperidine rings is 1. The largest absolute Gasteiger partial charge is 0.491 e. The molecule has 0 saturated carbocycles. The molecule has 4 rings (SSSR count). The number of rotatable bonds is 9. The zero-order valence-electron chi connectivity index (χ0n) is 17.9. The summed E-state index contributed by atoms with van der Waals surface area (Å²) in [5.41, 5.74) is 3.21. The van der Waals surface area contributed by atoms with Crippen LogP contribution < -0.4 is 10.1 Å². The summed E-state index contributed by atoms with van der Waals surface area (Å²) in [6.45, 7) is 6.08. The first-order valence-corrected chi connectivity index (χ1v) is 10.9. The molecular formula is C24H32N4O2. The summed E-state index contributed by atoms with van der Waals surface area (Å²) < 4.78 is 11.3. The summed E-state index contributed by atoms with van der Waals surface area (Å²) in [4.78, 5) is 10.8. The molecule has 2 aromatic carbocycles. The summed E-state index contributed by atoms with van der Waals surface area (Å²) in [6.07, 6.45) is 2.27. The first kappa shape index (κ1) is 20.8. The number of aromatic nitrogens is 2. The molecule has 0 radical (unpaired) electrons. The molecule has 1 saturated heterocycles. The van der Waals surface area contributed by atoms with Gasteiger partial charge in [-0.2, -0.15) is 0 Å². The van der Waals surface area contributed by atoms with E-state index < -0.39 is 0 Å². The van der Waals surface area contributed by atoms with E-state index in [9.17, 15) is 0 Å². The minimum absolute atomic E-state index is 0.0127. The minimum Gasteiger partial charge on any atom is -0.491 e. The third-order valence-corrected chi connectivity index (χ3v) is 5.69. The van der Waals surface area contributed by atoms with E-state index in [0.717, 1.165) is 54.1 Å².